The predicted molar refractivity (Wildman–Crippen MR) is 158 cm³/mol. The molecule has 10 heteroatoms. The number of furan rings is 1. The maximum Gasteiger partial charge on any atom is 0.207 e. The van der Waals surface area contributed by atoms with Gasteiger partial charge in [-0.15, -0.1) is 11.6 Å². The highest BCUT2D eigenvalue weighted by atomic mass is 35.5. The van der Waals surface area contributed by atoms with Crippen LogP contribution in [0.5, 0.6) is 0 Å². The van der Waals surface area contributed by atoms with E-state index in [4.69, 9.17) is 30.8 Å². The molecule has 0 saturated carbocycles. The van der Waals surface area contributed by atoms with Crippen molar-refractivity contribution in [2.75, 3.05) is 43.6 Å². The fraction of sp³-hybridized carbons (Fsp3) is 0.433. The van der Waals surface area contributed by atoms with Crippen LogP contribution in [-0.4, -0.2) is 65.0 Å². The molecule has 1 saturated heterocycles. The molecule has 1 aromatic carbocycles. The molecule has 4 heterocycles. The number of nitrogens with zero attached hydrogens (tertiary/aromatic N) is 4. The van der Waals surface area contributed by atoms with Crippen LogP contribution in [0, 0.1) is 6.92 Å². The Morgan fingerprint density at radius 1 is 1.18 bits per heavy atom. The molecule has 0 radical (unpaired) electrons. The Labute approximate surface area is 240 Å². The van der Waals surface area contributed by atoms with Crippen LogP contribution >= 0.6 is 11.6 Å². The van der Waals surface area contributed by atoms with Crippen LogP contribution in [0.15, 0.2) is 53.1 Å². The number of aromatic nitrogens is 3. The second kappa shape index (κ2) is 14.8. The number of aliphatic hydroxyl groups excluding tert-OH is 1. The number of aliphatic hydroxyl groups is 1. The Hall–Kier alpha value is -3.40. The van der Waals surface area contributed by atoms with Crippen molar-refractivity contribution in [3.05, 3.63) is 60.0 Å². The van der Waals surface area contributed by atoms with Crippen molar-refractivity contribution in [1.29, 1.82) is 0 Å². The summed E-state index contributed by atoms with van der Waals surface area (Å²) in [7, 11) is 0. The van der Waals surface area contributed by atoms with Gasteiger partial charge in [0.15, 0.2) is 11.4 Å². The van der Waals surface area contributed by atoms with E-state index in [0.717, 1.165) is 42.3 Å². The van der Waals surface area contributed by atoms with Crippen LogP contribution < -0.4 is 10.2 Å². The molecule has 4 aromatic rings. The molecule has 0 bridgehead atoms. The van der Waals surface area contributed by atoms with Crippen molar-refractivity contribution >= 4 is 34.8 Å². The number of fused-ring (bicyclic) bond motifs is 1. The summed E-state index contributed by atoms with van der Waals surface area (Å²) in [5.41, 5.74) is 5.31. The molecule has 1 aliphatic rings. The summed E-state index contributed by atoms with van der Waals surface area (Å²) in [5.74, 6) is 1.96. The number of alkyl halides is 1. The third-order valence-electron chi connectivity index (χ3n) is 6.65. The summed E-state index contributed by atoms with van der Waals surface area (Å²) in [6, 6.07) is 14.0. The van der Waals surface area contributed by atoms with Crippen molar-refractivity contribution < 1.29 is 19.1 Å². The Morgan fingerprint density at radius 2 is 2.00 bits per heavy atom. The van der Waals surface area contributed by atoms with E-state index in [2.05, 4.69) is 36.2 Å². The van der Waals surface area contributed by atoms with Gasteiger partial charge in [-0.2, -0.15) is 5.10 Å². The molecule has 40 heavy (non-hydrogen) atoms. The maximum atomic E-state index is 10.7. The van der Waals surface area contributed by atoms with Crippen LogP contribution in [0.4, 0.5) is 5.69 Å². The molecular weight excluding hydrogens is 530 g/mol. The Kier molecular flexibility index (Phi) is 11.0. The van der Waals surface area contributed by atoms with Crippen LogP contribution in [0.1, 0.15) is 50.0 Å². The highest BCUT2D eigenvalue weighted by Crippen LogP contribution is 2.34. The number of hydrogen-bond donors (Lipinski definition) is 2. The predicted octanol–water partition coefficient (Wildman–Crippen LogP) is 5.41. The van der Waals surface area contributed by atoms with Gasteiger partial charge in [0.1, 0.15) is 17.4 Å². The van der Waals surface area contributed by atoms with Gasteiger partial charge in [0.2, 0.25) is 6.41 Å². The summed E-state index contributed by atoms with van der Waals surface area (Å²) >= 11 is 5.30. The molecule has 5 rings (SSSR count). The molecule has 0 spiro atoms. The lowest BCUT2D eigenvalue weighted by Gasteiger charge is -2.29. The number of carbonyl (C=O) groups excluding carboxylic acids is 1. The molecule has 1 amide bonds. The number of anilines is 1. The van der Waals surface area contributed by atoms with E-state index >= 15 is 0 Å². The van der Waals surface area contributed by atoms with Crippen molar-refractivity contribution in [3.63, 3.8) is 0 Å². The molecule has 0 aliphatic carbocycles. The zero-order chi connectivity index (χ0) is 28.3. The van der Waals surface area contributed by atoms with Crippen molar-refractivity contribution in [2.45, 2.75) is 45.6 Å². The van der Waals surface area contributed by atoms with E-state index in [1.165, 1.54) is 12.0 Å². The smallest absolute Gasteiger partial charge is 0.207 e. The van der Waals surface area contributed by atoms with Gasteiger partial charge in [0.25, 0.3) is 0 Å². The topological polar surface area (TPSA) is 106 Å². The monoisotopic (exact) mass is 567 g/mol. The van der Waals surface area contributed by atoms with Crippen LogP contribution in [0.2, 0.25) is 0 Å². The molecule has 1 aliphatic heterocycles. The Balaban J connectivity index is 0.000000681. The van der Waals surface area contributed by atoms with E-state index in [9.17, 15) is 9.90 Å². The van der Waals surface area contributed by atoms with Gasteiger partial charge in [-0.3, -0.25) is 4.79 Å². The first-order chi connectivity index (χ1) is 19.5. The van der Waals surface area contributed by atoms with Gasteiger partial charge in [-0.1, -0.05) is 37.1 Å². The minimum Gasteiger partial charge on any atom is -0.454 e. The summed E-state index contributed by atoms with van der Waals surface area (Å²) in [6.07, 6.45) is 5.26. The summed E-state index contributed by atoms with van der Waals surface area (Å²) < 4.78 is 13.4. The second-order valence-electron chi connectivity index (χ2n) is 9.75. The second-order valence-corrected chi connectivity index (χ2v) is 10.1. The number of aryl methyl sites for hydroxylation is 1. The minimum absolute atomic E-state index is 0.464. The number of pyridine rings is 1. The third kappa shape index (κ3) is 7.62. The van der Waals surface area contributed by atoms with Crippen LogP contribution in [-0.2, 0) is 9.53 Å². The number of morpholine rings is 1. The zero-order valence-corrected chi connectivity index (χ0v) is 23.9. The van der Waals surface area contributed by atoms with E-state index in [1.807, 2.05) is 30.5 Å². The SMILES string of the molecule is CCCCCl.Cc1cccc(-c2ccn(-c3cc(N4CCOCC4)c4oc(C(O)CCCNC=O)cc4n3)n2)c1. The first kappa shape index (κ1) is 29.6. The number of carbonyl (C=O) groups is 1. The van der Waals surface area contributed by atoms with Gasteiger partial charge in [0, 0.05) is 49.4 Å². The molecule has 214 valence electrons. The number of halogens is 1. The largest absolute Gasteiger partial charge is 0.454 e. The number of nitrogens with one attached hydrogen (secondary N) is 1. The fourth-order valence-electron chi connectivity index (χ4n) is 4.47. The first-order valence-electron chi connectivity index (χ1n) is 13.8. The fourth-order valence-corrected chi connectivity index (χ4v) is 4.74. The first-order valence-corrected chi connectivity index (χ1v) is 14.4. The van der Waals surface area contributed by atoms with Crippen molar-refractivity contribution in [2.24, 2.45) is 0 Å². The van der Waals surface area contributed by atoms with E-state index in [0.29, 0.717) is 61.7 Å². The average molecular weight is 568 g/mol. The molecule has 1 fully saturated rings. The molecule has 1 atom stereocenters. The number of unbranched alkanes of at least 4 members (excludes halogenated alkanes) is 1. The van der Waals surface area contributed by atoms with Gasteiger partial charge >= 0.3 is 0 Å². The van der Waals surface area contributed by atoms with E-state index in [1.54, 1.807) is 10.7 Å². The van der Waals surface area contributed by atoms with Crippen LogP contribution in [0.25, 0.3) is 28.2 Å². The van der Waals surface area contributed by atoms with Gasteiger partial charge in [-0.05, 0) is 38.3 Å². The number of amides is 1. The van der Waals surface area contributed by atoms with Crippen molar-refractivity contribution in [1.82, 2.24) is 20.1 Å². The lowest BCUT2D eigenvalue weighted by molar-refractivity contribution is -0.109. The van der Waals surface area contributed by atoms with Gasteiger partial charge in [-0.25, -0.2) is 9.67 Å². The summed E-state index contributed by atoms with van der Waals surface area (Å²) in [6.45, 7) is 7.45. The van der Waals surface area contributed by atoms with Gasteiger partial charge in [0.05, 0.1) is 24.6 Å². The highest BCUT2D eigenvalue weighted by Gasteiger charge is 2.22. The van der Waals surface area contributed by atoms with Crippen LogP contribution in [0.3, 0.4) is 0 Å². The van der Waals surface area contributed by atoms with Gasteiger partial charge < -0.3 is 24.5 Å². The van der Waals surface area contributed by atoms with E-state index in [-0.39, 0.29) is 0 Å². The normalized spacial score (nSPS) is 14.1. The maximum absolute atomic E-state index is 10.7. The Morgan fingerprint density at radius 3 is 2.70 bits per heavy atom. The highest BCUT2D eigenvalue weighted by molar-refractivity contribution is 6.17. The molecule has 9 nitrogen and oxygen atoms in total. The minimum atomic E-state index is -0.781. The van der Waals surface area contributed by atoms with Crippen molar-refractivity contribution in [3.8, 4) is 17.1 Å². The quantitative estimate of drug-likeness (QED) is 0.142. The lowest BCUT2D eigenvalue weighted by Crippen LogP contribution is -2.36. The molecule has 3 aromatic heterocycles. The lowest BCUT2D eigenvalue weighted by atomic mass is 10.1. The summed E-state index contributed by atoms with van der Waals surface area (Å²) in [5, 5.41) is 18.1. The molecule has 2 N–H and O–H groups in total. The zero-order valence-electron chi connectivity index (χ0n) is 23.2. The third-order valence-corrected chi connectivity index (χ3v) is 6.92. The average Bonchev–Trinajstić information content (AvgIpc) is 3.64. The number of hydrogen-bond acceptors (Lipinski definition) is 7. The number of benzene rings is 1. The Bertz CT molecular complexity index is 1360. The standard InChI is InChI=1S/C26H29N5O4.C4H9Cl/c1-18-4-2-5-19(14-18)20-7-9-31(29-20)25-16-22(30-10-12-34-13-11-30)26-21(28-25)15-24(35-26)23(33)6-3-8-27-17-32;1-2-3-4-5/h2,4-5,7,9,14-17,23,33H,3,6,8,10-13H2,1H3,(H,27,32);2-4H2,1H3. The number of rotatable bonds is 11. The summed E-state index contributed by atoms with van der Waals surface area (Å²) in [4.78, 5) is 17.5. The molecule has 1 unspecified atom stereocenters. The number of ether oxygens (including phenoxy) is 1. The van der Waals surface area contributed by atoms with E-state index < -0.39 is 6.10 Å². The molecular formula is C30H38ClN5O4.